The molecule has 3 atom stereocenters. The van der Waals surface area contributed by atoms with E-state index in [1.807, 2.05) is 13.8 Å². The molecule has 2 aliphatic heterocycles. The van der Waals surface area contributed by atoms with Crippen LogP contribution < -0.4 is 26.4 Å². The van der Waals surface area contributed by atoms with E-state index in [4.69, 9.17) is 15.2 Å². The molecule has 1 fully saturated rings. The number of benzene rings is 1. The van der Waals surface area contributed by atoms with Gasteiger partial charge in [-0.2, -0.15) is 0 Å². The molecule has 0 aromatic heterocycles. The van der Waals surface area contributed by atoms with E-state index in [9.17, 15) is 24.0 Å². The first-order chi connectivity index (χ1) is 19.6. The van der Waals surface area contributed by atoms with Gasteiger partial charge in [0.05, 0.1) is 24.6 Å². The molecule has 0 saturated carbocycles. The van der Waals surface area contributed by atoms with Crippen LogP contribution in [0.2, 0.25) is 0 Å². The molecule has 3 rings (SSSR count). The lowest BCUT2D eigenvalue weighted by Gasteiger charge is -2.36. The molecule has 5 N–H and O–H groups in total. The van der Waals surface area contributed by atoms with E-state index in [1.165, 1.54) is 0 Å². The molecular weight excluding hydrogens is 532 g/mol. The van der Waals surface area contributed by atoms with Gasteiger partial charge in [-0.3, -0.25) is 28.9 Å². The van der Waals surface area contributed by atoms with Crippen molar-refractivity contribution in [2.75, 3.05) is 53.0 Å². The second-order valence-corrected chi connectivity index (χ2v) is 10.7. The summed E-state index contributed by atoms with van der Waals surface area (Å²) >= 11 is 0. The molecule has 1 saturated heterocycles. The van der Waals surface area contributed by atoms with Crippen molar-refractivity contribution in [2.24, 2.45) is 11.7 Å². The van der Waals surface area contributed by atoms with Crippen LogP contribution in [0.3, 0.4) is 0 Å². The van der Waals surface area contributed by atoms with Gasteiger partial charge in [-0.05, 0) is 24.5 Å². The minimum absolute atomic E-state index is 0.0111. The number of carbonyl (C=O) groups excluding carboxylic acids is 5. The maximum absolute atomic E-state index is 13.6. The van der Waals surface area contributed by atoms with Crippen LogP contribution in [0.15, 0.2) is 24.3 Å². The topological polar surface area (TPSA) is 172 Å². The van der Waals surface area contributed by atoms with Crippen LogP contribution in [-0.4, -0.2) is 111 Å². The SMILES string of the molecule is COCCN1CCN(C(=O)[C@@H]2CCC(=O)N[C@@H](CC(N)=O)C(=O)N[C@@H](C(C)C)COc3ccccc3C(=O)N2)CC1. The van der Waals surface area contributed by atoms with E-state index in [0.717, 1.165) is 6.54 Å². The molecule has 13 nitrogen and oxygen atoms in total. The second-order valence-electron chi connectivity index (χ2n) is 10.7. The third-order valence-electron chi connectivity index (χ3n) is 7.30. The molecule has 0 unspecified atom stereocenters. The highest BCUT2D eigenvalue weighted by Gasteiger charge is 2.32. The molecule has 0 aliphatic carbocycles. The number of methoxy groups -OCH3 is 1. The Labute approximate surface area is 240 Å². The van der Waals surface area contributed by atoms with E-state index in [2.05, 4.69) is 20.9 Å². The van der Waals surface area contributed by atoms with E-state index in [1.54, 1.807) is 36.3 Å². The van der Waals surface area contributed by atoms with Gasteiger partial charge in [-0.1, -0.05) is 26.0 Å². The zero-order valence-electron chi connectivity index (χ0n) is 24.0. The van der Waals surface area contributed by atoms with Crippen molar-refractivity contribution >= 4 is 29.5 Å². The van der Waals surface area contributed by atoms with E-state index in [-0.39, 0.29) is 36.8 Å². The van der Waals surface area contributed by atoms with Gasteiger partial charge >= 0.3 is 0 Å². The number of hydrogen-bond donors (Lipinski definition) is 4. The van der Waals surface area contributed by atoms with Crippen LogP contribution in [-0.2, 0) is 23.9 Å². The highest BCUT2D eigenvalue weighted by Crippen LogP contribution is 2.20. The quantitative estimate of drug-likeness (QED) is 0.329. The molecule has 226 valence electrons. The van der Waals surface area contributed by atoms with Crippen molar-refractivity contribution in [3.63, 3.8) is 0 Å². The van der Waals surface area contributed by atoms with E-state index >= 15 is 0 Å². The second kappa shape index (κ2) is 15.3. The van der Waals surface area contributed by atoms with Crippen LogP contribution in [0, 0.1) is 5.92 Å². The Balaban J connectivity index is 1.86. The number of primary amides is 1. The largest absolute Gasteiger partial charge is 0.491 e. The first-order valence-corrected chi connectivity index (χ1v) is 14.0. The maximum Gasteiger partial charge on any atom is 0.255 e. The summed E-state index contributed by atoms with van der Waals surface area (Å²) < 4.78 is 11.1. The van der Waals surface area contributed by atoms with Crippen molar-refractivity contribution in [2.45, 2.75) is 51.2 Å². The third kappa shape index (κ3) is 9.42. The molecular formula is C28H42N6O7. The fraction of sp³-hybridized carbons (Fsp3) is 0.607. The van der Waals surface area contributed by atoms with Crippen molar-refractivity contribution in [1.82, 2.24) is 25.8 Å². The highest BCUT2D eigenvalue weighted by molar-refractivity contribution is 6.00. The number of nitrogens with zero attached hydrogens (tertiary/aromatic N) is 2. The fourth-order valence-corrected chi connectivity index (χ4v) is 4.72. The summed E-state index contributed by atoms with van der Waals surface area (Å²) in [6.07, 6.45) is -0.569. The number of hydrogen-bond acceptors (Lipinski definition) is 8. The average Bonchev–Trinajstić information content (AvgIpc) is 2.95. The van der Waals surface area contributed by atoms with Crippen LogP contribution in [0.1, 0.15) is 43.5 Å². The average molecular weight is 575 g/mol. The van der Waals surface area contributed by atoms with Gasteiger partial charge in [-0.15, -0.1) is 0 Å². The molecule has 2 aliphatic rings. The first-order valence-electron chi connectivity index (χ1n) is 14.0. The van der Waals surface area contributed by atoms with Gasteiger partial charge < -0.3 is 36.1 Å². The molecule has 2 heterocycles. The number of fused-ring (bicyclic) bond motifs is 1. The van der Waals surface area contributed by atoms with Crippen LogP contribution in [0.4, 0.5) is 0 Å². The summed E-state index contributed by atoms with van der Waals surface area (Å²) in [4.78, 5) is 68.6. The lowest BCUT2D eigenvalue weighted by atomic mass is 10.0. The number of amides is 5. The zero-order valence-corrected chi connectivity index (χ0v) is 24.0. The fourth-order valence-electron chi connectivity index (χ4n) is 4.72. The van der Waals surface area contributed by atoms with Crippen molar-refractivity contribution in [1.29, 1.82) is 0 Å². The van der Waals surface area contributed by atoms with Gasteiger partial charge in [-0.25, -0.2) is 0 Å². The number of piperazine rings is 1. The number of ether oxygens (including phenoxy) is 2. The standard InChI is InChI=1S/C28H42N6O7/c1-18(2)22-17-41-23-7-5-4-6-19(23)26(37)31-20(28(39)34-12-10-33(11-13-34)14-15-40-3)8-9-25(36)30-21(16-24(29)35)27(38)32-22/h4-7,18,20-22H,8-17H2,1-3H3,(H2,29,35)(H,30,36)(H,31,37)(H,32,38)/t20-,21-,22+/m0/s1. The predicted octanol–water partition coefficient (Wildman–Crippen LogP) is -0.751. The van der Waals surface area contributed by atoms with Gasteiger partial charge in [0.25, 0.3) is 5.91 Å². The van der Waals surface area contributed by atoms with Gasteiger partial charge in [0.15, 0.2) is 0 Å². The number of rotatable bonds is 7. The Hall–Kier alpha value is -3.71. The highest BCUT2D eigenvalue weighted by atomic mass is 16.5. The molecule has 5 amide bonds. The molecule has 13 heteroatoms. The van der Waals surface area contributed by atoms with E-state index < -0.39 is 48.2 Å². The summed E-state index contributed by atoms with van der Waals surface area (Å²) in [5.41, 5.74) is 5.58. The Bertz CT molecular complexity index is 1090. The minimum Gasteiger partial charge on any atom is -0.491 e. The zero-order chi connectivity index (χ0) is 29.9. The summed E-state index contributed by atoms with van der Waals surface area (Å²) in [6.45, 7) is 7.41. The van der Waals surface area contributed by atoms with Crippen molar-refractivity contribution in [3.8, 4) is 5.75 Å². The Morgan fingerprint density at radius 1 is 1.07 bits per heavy atom. The minimum atomic E-state index is -1.19. The molecule has 0 radical (unpaired) electrons. The van der Waals surface area contributed by atoms with Gasteiger partial charge in [0.1, 0.15) is 24.4 Å². The van der Waals surface area contributed by atoms with Gasteiger partial charge in [0.2, 0.25) is 23.6 Å². The normalized spacial score (nSPS) is 23.3. The molecule has 41 heavy (non-hydrogen) atoms. The Morgan fingerprint density at radius 2 is 1.78 bits per heavy atom. The Kier molecular flexibility index (Phi) is 11.9. The molecule has 0 spiro atoms. The van der Waals surface area contributed by atoms with Crippen molar-refractivity contribution in [3.05, 3.63) is 29.8 Å². The molecule has 0 bridgehead atoms. The lowest BCUT2D eigenvalue weighted by Crippen LogP contribution is -2.55. The number of nitrogens with one attached hydrogen (secondary N) is 3. The third-order valence-corrected chi connectivity index (χ3v) is 7.30. The Morgan fingerprint density at radius 3 is 2.44 bits per heavy atom. The smallest absolute Gasteiger partial charge is 0.255 e. The summed E-state index contributed by atoms with van der Waals surface area (Å²) in [6, 6.07) is 3.97. The van der Waals surface area contributed by atoms with Crippen LogP contribution in [0.5, 0.6) is 5.75 Å². The van der Waals surface area contributed by atoms with E-state index in [0.29, 0.717) is 38.5 Å². The maximum atomic E-state index is 13.6. The molecule has 1 aromatic rings. The lowest BCUT2D eigenvalue weighted by molar-refractivity contribution is -0.135. The molecule has 1 aromatic carbocycles. The number of carbonyl (C=O) groups is 5. The first kappa shape index (κ1) is 31.8. The monoisotopic (exact) mass is 574 g/mol. The van der Waals surface area contributed by atoms with Crippen LogP contribution >= 0.6 is 0 Å². The van der Waals surface area contributed by atoms with Crippen LogP contribution in [0.25, 0.3) is 0 Å². The summed E-state index contributed by atoms with van der Waals surface area (Å²) in [5.74, 6) is -2.46. The summed E-state index contributed by atoms with van der Waals surface area (Å²) in [7, 11) is 1.64. The summed E-state index contributed by atoms with van der Waals surface area (Å²) in [5, 5.41) is 8.21. The predicted molar refractivity (Wildman–Crippen MR) is 150 cm³/mol. The number of nitrogens with two attached hydrogens (primary N) is 1. The van der Waals surface area contributed by atoms with Gasteiger partial charge in [0, 0.05) is 46.3 Å². The number of para-hydroxylation sites is 1. The van der Waals surface area contributed by atoms with Crippen molar-refractivity contribution < 1.29 is 33.4 Å².